The summed E-state index contributed by atoms with van der Waals surface area (Å²) in [5.41, 5.74) is 1.94. The minimum atomic E-state index is -4.45. The van der Waals surface area contributed by atoms with Gasteiger partial charge in [0, 0.05) is 5.56 Å². The van der Waals surface area contributed by atoms with Crippen LogP contribution in [0.25, 0.3) is 0 Å². The first-order valence-corrected chi connectivity index (χ1v) is 7.57. The van der Waals surface area contributed by atoms with Crippen LogP contribution in [0.1, 0.15) is 15.9 Å². The van der Waals surface area contributed by atoms with Crippen LogP contribution < -0.4 is 15.6 Å². The summed E-state index contributed by atoms with van der Waals surface area (Å²) in [7, 11) is 2.07. The molecule has 1 fully saturated rings. The van der Waals surface area contributed by atoms with Crippen molar-refractivity contribution in [1.82, 2.24) is 15.8 Å². The van der Waals surface area contributed by atoms with E-state index in [1.54, 1.807) is 5.01 Å². The van der Waals surface area contributed by atoms with E-state index >= 15 is 0 Å². The monoisotopic (exact) mass is 345 g/mol. The number of carbonyl (C=O) groups excluding carboxylic acids is 2. The molecule has 2 rings (SSSR count). The zero-order chi connectivity index (χ0) is 17.7. The highest BCUT2D eigenvalue weighted by molar-refractivity contribution is 5.96. The topological polar surface area (TPSA) is 65.9 Å². The molecule has 2 amide bonds. The van der Waals surface area contributed by atoms with E-state index in [2.05, 4.69) is 17.8 Å². The highest BCUT2D eigenvalue weighted by Crippen LogP contribution is 2.28. The Balaban J connectivity index is 1.79. The zero-order valence-corrected chi connectivity index (χ0v) is 13.2. The standard InChI is InChI=1S/C15H19F3N4O2/c1-21-6-8-22(9-7-21)20-13(23)10-19-14(24)11-2-4-12(5-3-11)15(16,17)18/h2-5H,6-10H2,1H3,(H,19,24)(H,20,23)/p+1. The molecule has 1 aromatic rings. The lowest BCUT2D eigenvalue weighted by atomic mass is 10.1. The SMILES string of the molecule is C[NH+]1CCN(NC(=O)CNC(=O)c2ccc(C(F)(F)F)cc2)CC1. The maximum Gasteiger partial charge on any atom is 0.416 e. The first-order chi connectivity index (χ1) is 11.3. The van der Waals surface area contributed by atoms with Gasteiger partial charge in [-0.1, -0.05) is 0 Å². The maximum absolute atomic E-state index is 12.5. The van der Waals surface area contributed by atoms with Crippen LogP contribution in [0.15, 0.2) is 24.3 Å². The number of nitrogens with zero attached hydrogens (tertiary/aromatic N) is 1. The molecule has 0 radical (unpaired) electrons. The summed E-state index contributed by atoms with van der Waals surface area (Å²) in [6.07, 6.45) is -4.45. The van der Waals surface area contributed by atoms with Crippen molar-refractivity contribution in [1.29, 1.82) is 0 Å². The van der Waals surface area contributed by atoms with E-state index in [4.69, 9.17) is 0 Å². The summed E-state index contributed by atoms with van der Waals surface area (Å²) in [6, 6.07) is 3.84. The molecule has 1 aromatic carbocycles. The molecule has 1 heterocycles. The van der Waals surface area contributed by atoms with Gasteiger partial charge in [0.05, 0.1) is 45.3 Å². The number of nitrogens with one attached hydrogen (secondary N) is 3. The van der Waals surface area contributed by atoms with Crippen molar-refractivity contribution < 1.29 is 27.7 Å². The van der Waals surface area contributed by atoms with Gasteiger partial charge in [-0.2, -0.15) is 13.2 Å². The number of amides is 2. The Labute approximate surface area is 137 Å². The summed E-state index contributed by atoms with van der Waals surface area (Å²) in [5.74, 6) is -0.962. The van der Waals surface area contributed by atoms with E-state index in [9.17, 15) is 22.8 Å². The Bertz CT molecular complexity index is 581. The number of alkyl halides is 3. The summed E-state index contributed by atoms with van der Waals surface area (Å²) in [6.45, 7) is 3.05. The highest BCUT2D eigenvalue weighted by Gasteiger charge is 2.30. The van der Waals surface area contributed by atoms with Crippen LogP contribution >= 0.6 is 0 Å². The highest BCUT2D eigenvalue weighted by atomic mass is 19.4. The fourth-order valence-electron chi connectivity index (χ4n) is 2.29. The number of carbonyl (C=O) groups is 2. The molecule has 1 aliphatic heterocycles. The molecule has 0 saturated carbocycles. The van der Waals surface area contributed by atoms with Gasteiger partial charge in [-0.15, -0.1) is 0 Å². The number of hydrazine groups is 1. The molecule has 6 nitrogen and oxygen atoms in total. The van der Waals surface area contributed by atoms with Crippen molar-refractivity contribution in [3.05, 3.63) is 35.4 Å². The van der Waals surface area contributed by atoms with E-state index < -0.39 is 17.6 Å². The largest absolute Gasteiger partial charge is 0.416 e. The molecule has 1 saturated heterocycles. The average molecular weight is 345 g/mol. The normalized spacial score (nSPS) is 16.7. The molecule has 24 heavy (non-hydrogen) atoms. The lowest BCUT2D eigenvalue weighted by molar-refractivity contribution is -0.884. The Morgan fingerprint density at radius 2 is 1.75 bits per heavy atom. The molecular weight excluding hydrogens is 325 g/mol. The molecular formula is C15H20F3N4O2+. The summed E-state index contributed by atoms with van der Waals surface area (Å²) >= 11 is 0. The number of halogens is 3. The number of benzene rings is 1. The van der Waals surface area contributed by atoms with Gasteiger partial charge in [0.15, 0.2) is 0 Å². The van der Waals surface area contributed by atoms with Gasteiger partial charge >= 0.3 is 6.18 Å². The lowest BCUT2D eigenvalue weighted by Crippen LogP contribution is -3.12. The Morgan fingerprint density at radius 3 is 2.29 bits per heavy atom. The van der Waals surface area contributed by atoms with Gasteiger partial charge < -0.3 is 10.2 Å². The second-order valence-electron chi connectivity index (χ2n) is 5.74. The first kappa shape index (κ1) is 18.2. The molecule has 0 aromatic heterocycles. The number of likely N-dealkylation sites (N-methyl/N-ethyl adjacent to an activating group) is 1. The minimum Gasteiger partial charge on any atom is -0.343 e. The van der Waals surface area contributed by atoms with Gasteiger partial charge in [-0.05, 0) is 24.3 Å². The van der Waals surface area contributed by atoms with Crippen molar-refractivity contribution in [2.24, 2.45) is 0 Å². The second-order valence-corrected chi connectivity index (χ2v) is 5.74. The summed E-state index contributed by atoms with van der Waals surface area (Å²) in [5, 5.41) is 4.18. The predicted molar refractivity (Wildman–Crippen MR) is 80.1 cm³/mol. The molecule has 0 aliphatic carbocycles. The smallest absolute Gasteiger partial charge is 0.343 e. The molecule has 3 N–H and O–H groups in total. The fourth-order valence-corrected chi connectivity index (χ4v) is 2.29. The fraction of sp³-hybridized carbons (Fsp3) is 0.467. The van der Waals surface area contributed by atoms with Crippen LogP contribution in [0.2, 0.25) is 0 Å². The van der Waals surface area contributed by atoms with E-state index in [0.717, 1.165) is 50.4 Å². The second kappa shape index (κ2) is 7.63. The third kappa shape index (κ3) is 5.20. The molecule has 0 atom stereocenters. The van der Waals surface area contributed by atoms with Gasteiger partial charge in [0.25, 0.3) is 11.8 Å². The van der Waals surface area contributed by atoms with Crippen molar-refractivity contribution in [2.45, 2.75) is 6.18 Å². The van der Waals surface area contributed by atoms with E-state index in [-0.39, 0.29) is 18.0 Å². The quantitative estimate of drug-likeness (QED) is 0.676. The van der Waals surface area contributed by atoms with Crippen molar-refractivity contribution in [3.8, 4) is 0 Å². The molecule has 0 unspecified atom stereocenters. The predicted octanol–water partition coefficient (Wildman–Crippen LogP) is -0.703. The Morgan fingerprint density at radius 1 is 1.17 bits per heavy atom. The van der Waals surface area contributed by atoms with Crippen molar-refractivity contribution in [2.75, 3.05) is 39.8 Å². The number of hydrogen-bond donors (Lipinski definition) is 3. The van der Waals surface area contributed by atoms with Crippen LogP contribution in [-0.4, -0.2) is 56.6 Å². The number of quaternary nitrogens is 1. The summed E-state index contributed by atoms with van der Waals surface area (Å²) in [4.78, 5) is 25.0. The Kier molecular flexibility index (Phi) is 5.79. The molecule has 0 bridgehead atoms. The number of rotatable bonds is 4. The van der Waals surface area contributed by atoms with Crippen LogP contribution in [-0.2, 0) is 11.0 Å². The van der Waals surface area contributed by atoms with E-state index in [1.165, 1.54) is 4.90 Å². The zero-order valence-electron chi connectivity index (χ0n) is 13.2. The third-order valence-electron chi connectivity index (χ3n) is 3.78. The minimum absolute atomic E-state index is 0.0685. The number of hydrogen-bond acceptors (Lipinski definition) is 3. The summed E-state index contributed by atoms with van der Waals surface area (Å²) < 4.78 is 37.4. The molecule has 0 spiro atoms. The van der Waals surface area contributed by atoms with E-state index in [0.29, 0.717) is 0 Å². The molecule has 132 valence electrons. The maximum atomic E-state index is 12.5. The van der Waals surface area contributed by atoms with Gasteiger partial charge in [-0.3, -0.25) is 15.0 Å². The van der Waals surface area contributed by atoms with Crippen LogP contribution in [0.5, 0.6) is 0 Å². The Hall–Kier alpha value is -2.13. The molecule has 9 heteroatoms. The van der Waals surface area contributed by atoms with Gasteiger partial charge in [0.1, 0.15) is 0 Å². The third-order valence-corrected chi connectivity index (χ3v) is 3.78. The lowest BCUT2D eigenvalue weighted by Gasteiger charge is -2.30. The number of piperazine rings is 1. The van der Waals surface area contributed by atoms with Crippen LogP contribution in [0, 0.1) is 0 Å². The van der Waals surface area contributed by atoms with Crippen LogP contribution in [0.4, 0.5) is 13.2 Å². The van der Waals surface area contributed by atoms with Crippen molar-refractivity contribution >= 4 is 11.8 Å². The van der Waals surface area contributed by atoms with E-state index in [1.807, 2.05) is 0 Å². The van der Waals surface area contributed by atoms with Crippen molar-refractivity contribution in [3.63, 3.8) is 0 Å². The average Bonchev–Trinajstić information content (AvgIpc) is 2.54. The van der Waals surface area contributed by atoms with Gasteiger partial charge in [0.2, 0.25) is 0 Å². The van der Waals surface area contributed by atoms with Gasteiger partial charge in [-0.25, -0.2) is 5.01 Å². The van der Waals surface area contributed by atoms with Crippen LogP contribution in [0.3, 0.4) is 0 Å². The molecule has 1 aliphatic rings. The first-order valence-electron chi connectivity index (χ1n) is 7.57.